The molecular weight excluding hydrogens is 374 g/mol. The maximum absolute atomic E-state index is 12.3. The molecule has 1 saturated heterocycles. The van der Waals surface area contributed by atoms with E-state index in [-0.39, 0.29) is 30.8 Å². The van der Waals surface area contributed by atoms with Crippen LogP contribution in [0.25, 0.3) is 0 Å². The summed E-state index contributed by atoms with van der Waals surface area (Å²) in [6.45, 7) is 6.27. The molecule has 1 aromatic rings. The highest BCUT2D eigenvalue weighted by molar-refractivity contribution is 5.82. The molecular formula is C21H31N3O5. The summed E-state index contributed by atoms with van der Waals surface area (Å²) in [5.74, 6) is 0.473. The Labute approximate surface area is 171 Å². The smallest absolute Gasteiger partial charge is 0.408 e. The highest BCUT2D eigenvalue weighted by Crippen LogP contribution is 2.18. The van der Waals surface area contributed by atoms with Crippen LogP contribution >= 0.6 is 0 Å². The highest BCUT2D eigenvalue weighted by Gasteiger charge is 2.25. The van der Waals surface area contributed by atoms with Gasteiger partial charge in [0.15, 0.2) is 0 Å². The van der Waals surface area contributed by atoms with Crippen molar-refractivity contribution in [2.24, 2.45) is 0 Å². The van der Waals surface area contributed by atoms with Crippen LogP contribution in [0.3, 0.4) is 0 Å². The van der Waals surface area contributed by atoms with Crippen molar-refractivity contribution in [1.82, 2.24) is 15.5 Å². The van der Waals surface area contributed by atoms with E-state index in [1.807, 2.05) is 24.3 Å². The van der Waals surface area contributed by atoms with Crippen LogP contribution in [0.1, 0.15) is 39.2 Å². The Hall–Kier alpha value is -2.77. The molecule has 0 unspecified atom stereocenters. The first-order chi connectivity index (χ1) is 13.7. The molecule has 0 radical (unpaired) electrons. The number of benzene rings is 1. The molecule has 1 aliphatic heterocycles. The minimum Gasteiger partial charge on any atom is -0.496 e. The van der Waals surface area contributed by atoms with E-state index >= 15 is 0 Å². The van der Waals surface area contributed by atoms with Gasteiger partial charge in [-0.1, -0.05) is 18.2 Å². The standard InChI is InChI=1S/C21H31N3O5/c1-21(2,3)29-20(27)22-14-19(26)24-11-9-16(10-12-24)23-18(25)13-15-7-5-6-8-17(15)28-4/h5-8,16H,9-14H2,1-4H3,(H,22,27)(H,23,25). The fraction of sp³-hybridized carbons (Fsp3) is 0.571. The first kappa shape index (κ1) is 22.5. The van der Waals surface area contributed by atoms with Crippen molar-refractivity contribution < 1.29 is 23.9 Å². The monoisotopic (exact) mass is 405 g/mol. The topological polar surface area (TPSA) is 97.0 Å². The van der Waals surface area contributed by atoms with Gasteiger partial charge in [0, 0.05) is 24.7 Å². The number of amides is 3. The molecule has 3 amide bonds. The molecule has 1 fully saturated rings. The SMILES string of the molecule is COc1ccccc1CC(=O)NC1CCN(C(=O)CNC(=O)OC(C)(C)C)CC1. The van der Waals surface area contributed by atoms with E-state index in [4.69, 9.17) is 9.47 Å². The number of carbonyl (C=O) groups is 3. The number of nitrogens with one attached hydrogen (secondary N) is 2. The quantitative estimate of drug-likeness (QED) is 0.753. The Morgan fingerprint density at radius 1 is 1.14 bits per heavy atom. The van der Waals surface area contributed by atoms with Gasteiger partial charge in [0.25, 0.3) is 0 Å². The van der Waals surface area contributed by atoms with Gasteiger partial charge in [-0.2, -0.15) is 0 Å². The number of rotatable bonds is 6. The summed E-state index contributed by atoms with van der Waals surface area (Å²) < 4.78 is 10.4. The normalized spacial score (nSPS) is 14.8. The number of para-hydroxylation sites is 1. The van der Waals surface area contributed by atoms with E-state index in [1.54, 1.807) is 32.8 Å². The maximum atomic E-state index is 12.3. The van der Waals surface area contributed by atoms with E-state index in [9.17, 15) is 14.4 Å². The lowest BCUT2D eigenvalue weighted by Crippen LogP contribution is -2.49. The summed E-state index contributed by atoms with van der Waals surface area (Å²) in [5.41, 5.74) is 0.237. The van der Waals surface area contributed by atoms with Gasteiger partial charge in [0.05, 0.1) is 13.5 Å². The number of piperidine rings is 1. The number of methoxy groups -OCH3 is 1. The number of hydrogen-bond acceptors (Lipinski definition) is 5. The fourth-order valence-electron chi connectivity index (χ4n) is 3.15. The lowest BCUT2D eigenvalue weighted by molar-refractivity contribution is -0.131. The molecule has 0 atom stereocenters. The van der Waals surface area contributed by atoms with Gasteiger partial charge < -0.3 is 25.0 Å². The third kappa shape index (κ3) is 7.63. The first-order valence-electron chi connectivity index (χ1n) is 9.84. The van der Waals surface area contributed by atoms with Gasteiger partial charge in [-0.3, -0.25) is 9.59 Å². The lowest BCUT2D eigenvalue weighted by atomic mass is 10.0. The predicted molar refractivity (Wildman–Crippen MR) is 109 cm³/mol. The number of likely N-dealkylation sites (tertiary alicyclic amines) is 1. The molecule has 8 heteroatoms. The largest absolute Gasteiger partial charge is 0.496 e. The summed E-state index contributed by atoms with van der Waals surface area (Å²) in [6.07, 6.45) is 0.999. The van der Waals surface area contributed by atoms with E-state index in [2.05, 4.69) is 10.6 Å². The second-order valence-corrected chi connectivity index (χ2v) is 8.07. The summed E-state index contributed by atoms with van der Waals surface area (Å²) in [7, 11) is 1.58. The highest BCUT2D eigenvalue weighted by atomic mass is 16.6. The van der Waals surface area contributed by atoms with Crippen LogP contribution in [0.2, 0.25) is 0 Å². The zero-order chi connectivity index (χ0) is 21.4. The number of carbonyl (C=O) groups excluding carboxylic acids is 3. The third-order valence-corrected chi connectivity index (χ3v) is 4.54. The van der Waals surface area contributed by atoms with Crippen molar-refractivity contribution in [3.05, 3.63) is 29.8 Å². The Kier molecular flexibility index (Phi) is 7.87. The average Bonchev–Trinajstić information content (AvgIpc) is 2.65. The van der Waals surface area contributed by atoms with Gasteiger partial charge in [0.1, 0.15) is 17.9 Å². The molecule has 2 rings (SSSR count). The molecule has 1 heterocycles. The summed E-state index contributed by atoms with van der Waals surface area (Å²) in [4.78, 5) is 38.0. The Balaban J connectivity index is 1.72. The van der Waals surface area contributed by atoms with Crippen molar-refractivity contribution in [1.29, 1.82) is 0 Å². The third-order valence-electron chi connectivity index (χ3n) is 4.54. The Morgan fingerprint density at radius 2 is 1.79 bits per heavy atom. The molecule has 0 aromatic heterocycles. The van der Waals surface area contributed by atoms with E-state index < -0.39 is 11.7 Å². The summed E-state index contributed by atoms with van der Waals surface area (Å²) >= 11 is 0. The number of ether oxygens (including phenoxy) is 2. The molecule has 0 saturated carbocycles. The molecule has 160 valence electrons. The molecule has 0 bridgehead atoms. The number of alkyl carbamates (subject to hydrolysis) is 1. The Morgan fingerprint density at radius 3 is 2.41 bits per heavy atom. The molecule has 1 aromatic carbocycles. The van der Waals surface area contributed by atoms with Crippen LogP contribution in [0, 0.1) is 0 Å². The van der Waals surface area contributed by atoms with Crippen LogP contribution in [-0.4, -0.2) is 61.2 Å². The summed E-state index contributed by atoms with van der Waals surface area (Å²) in [5, 5.41) is 5.52. The van der Waals surface area contributed by atoms with Gasteiger partial charge in [-0.05, 0) is 39.7 Å². The second-order valence-electron chi connectivity index (χ2n) is 8.07. The van der Waals surface area contributed by atoms with Crippen LogP contribution in [0.4, 0.5) is 4.79 Å². The van der Waals surface area contributed by atoms with Crippen LogP contribution in [-0.2, 0) is 20.7 Å². The van der Waals surface area contributed by atoms with E-state index in [0.29, 0.717) is 31.7 Å². The minimum absolute atomic E-state index is 0.0278. The van der Waals surface area contributed by atoms with Crippen molar-refractivity contribution in [2.45, 2.75) is 51.7 Å². The van der Waals surface area contributed by atoms with E-state index in [0.717, 1.165) is 5.56 Å². The van der Waals surface area contributed by atoms with E-state index in [1.165, 1.54) is 0 Å². The molecule has 29 heavy (non-hydrogen) atoms. The molecule has 0 spiro atoms. The molecule has 0 aliphatic carbocycles. The first-order valence-corrected chi connectivity index (χ1v) is 9.84. The summed E-state index contributed by atoms with van der Waals surface area (Å²) in [6, 6.07) is 7.47. The average molecular weight is 405 g/mol. The van der Waals surface area contributed by atoms with Crippen LogP contribution in [0.15, 0.2) is 24.3 Å². The number of hydrogen-bond donors (Lipinski definition) is 2. The van der Waals surface area contributed by atoms with Gasteiger partial charge in [0.2, 0.25) is 11.8 Å². The minimum atomic E-state index is -0.607. The van der Waals surface area contributed by atoms with Crippen LogP contribution in [0.5, 0.6) is 5.75 Å². The maximum Gasteiger partial charge on any atom is 0.408 e. The van der Waals surface area contributed by atoms with Crippen molar-refractivity contribution in [3.63, 3.8) is 0 Å². The zero-order valence-corrected chi connectivity index (χ0v) is 17.6. The van der Waals surface area contributed by atoms with Gasteiger partial charge >= 0.3 is 6.09 Å². The fourth-order valence-corrected chi connectivity index (χ4v) is 3.15. The van der Waals surface area contributed by atoms with Crippen molar-refractivity contribution in [3.8, 4) is 5.75 Å². The van der Waals surface area contributed by atoms with Gasteiger partial charge in [-0.15, -0.1) is 0 Å². The zero-order valence-electron chi connectivity index (χ0n) is 17.6. The molecule has 2 N–H and O–H groups in total. The predicted octanol–water partition coefficient (Wildman–Crippen LogP) is 1.87. The van der Waals surface area contributed by atoms with Crippen LogP contribution < -0.4 is 15.4 Å². The Bertz CT molecular complexity index is 721. The van der Waals surface area contributed by atoms with Gasteiger partial charge in [-0.25, -0.2) is 4.79 Å². The molecule has 8 nitrogen and oxygen atoms in total. The van der Waals surface area contributed by atoms with Crippen molar-refractivity contribution >= 4 is 17.9 Å². The molecule has 1 aliphatic rings. The van der Waals surface area contributed by atoms with Crippen molar-refractivity contribution in [2.75, 3.05) is 26.7 Å². The second kappa shape index (κ2) is 10.1. The lowest BCUT2D eigenvalue weighted by Gasteiger charge is -2.32. The number of nitrogens with zero attached hydrogens (tertiary/aromatic N) is 1.